The van der Waals surface area contributed by atoms with Gasteiger partial charge < -0.3 is 5.32 Å². The number of nitrogens with one attached hydrogen (secondary N) is 1. The van der Waals surface area contributed by atoms with E-state index in [4.69, 9.17) is 0 Å². The molecule has 148 valence electrons. The summed E-state index contributed by atoms with van der Waals surface area (Å²) in [6, 6.07) is 13.1. The van der Waals surface area contributed by atoms with E-state index in [2.05, 4.69) is 23.5 Å². The summed E-state index contributed by atoms with van der Waals surface area (Å²) in [7, 11) is 1.79. The molecule has 0 spiro atoms. The Hall–Kier alpha value is -2.73. The molecule has 0 aliphatic heterocycles. The highest BCUT2D eigenvalue weighted by atomic mass is 16.6. The third-order valence-electron chi connectivity index (χ3n) is 5.29. The number of amides is 1. The van der Waals surface area contributed by atoms with Gasteiger partial charge in [0.05, 0.1) is 17.5 Å². The van der Waals surface area contributed by atoms with Crippen molar-refractivity contribution in [1.82, 2.24) is 10.2 Å². The second-order valence-corrected chi connectivity index (χ2v) is 7.58. The van der Waals surface area contributed by atoms with Crippen LogP contribution in [-0.2, 0) is 24.2 Å². The van der Waals surface area contributed by atoms with Crippen molar-refractivity contribution in [3.63, 3.8) is 0 Å². The van der Waals surface area contributed by atoms with Crippen molar-refractivity contribution in [1.29, 1.82) is 0 Å². The van der Waals surface area contributed by atoms with Gasteiger partial charge in [-0.1, -0.05) is 36.4 Å². The number of carbonyl (C=O) groups is 1. The molecule has 1 unspecified atom stereocenters. The molecule has 28 heavy (non-hydrogen) atoms. The summed E-state index contributed by atoms with van der Waals surface area (Å²) in [6.45, 7) is 2.52. The molecule has 6 nitrogen and oxygen atoms in total. The zero-order chi connectivity index (χ0) is 20.1. The van der Waals surface area contributed by atoms with Crippen LogP contribution in [0.25, 0.3) is 0 Å². The maximum atomic E-state index is 12.4. The second kappa shape index (κ2) is 8.97. The van der Waals surface area contributed by atoms with E-state index in [1.54, 1.807) is 30.1 Å². The quantitative estimate of drug-likeness (QED) is 0.585. The maximum absolute atomic E-state index is 12.4. The molecule has 0 aromatic heterocycles. The molecule has 2 aromatic carbocycles. The topological polar surface area (TPSA) is 75.5 Å². The lowest BCUT2D eigenvalue weighted by Crippen LogP contribution is -2.36. The molecule has 2 aromatic rings. The zero-order valence-corrected chi connectivity index (χ0v) is 16.5. The number of nitrogens with zero attached hydrogens (tertiary/aromatic N) is 2. The lowest BCUT2D eigenvalue weighted by atomic mass is 9.89. The first-order valence-corrected chi connectivity index (χ1v) is 9.76. The van der Waals surface area contributed by atoms with Crippen LogP contribution in [0.1, 0.15) is 48.1 Å². The van der Waals surface area contributed by atoms with Crippen LogP contribution < -0.4 is 5.32 Å². The average Bonchev–Trinajstić information content (AvgIpc) is 2.67. The molecule has 0 radical (unpaired) electrons. The highest BCUT2D eigenvalue weighted by Crippen LogP contribution is 2.25. The Morgan fingerprint density at radius 1 is 1.18 bits per heavy atom. The van der Waals surface area contributed by atoms with E-state index in [9.17, 15) is 14.9 Å². The summed E-state index contributed by atoms with van der Waals surface area (Å²) in [5, 5.41) is 14.2. The number of rotatable bonds is 7. The number of carbonyl (C=O) groups excluding carboxylic acids is 1. The first-order chi connectivity index (χ1) is 13.4. The highest BCUT2D eigenvalue weighted by Gasteiger charge is 2.17. The molecule has 0 saturated heterocycles. The molecular weight excluding hydrogens is 354 g/mol. The molecule has 3 rings (SSSR count). The number of para-hydroxylation sites is 1. The van der Waals surface area contributed by atoms with Crippen molar-refractivity contribution < 1.29 is 9.72 Å². The Balaban J connectivity index is 1.57. The predicted octanol–water partition coefficient (Wildman–Crippen LogP) is 3.78. The lowest BCUT2D eigenvalue weighted by Gasteiger charge is -2.21. The number of nitro benzene ring substituents is 1. The second-order valence-electron chi connectivity index (χ2n) is 7.58. The van der Waals surface area contributed by atoms with Crippen molar-refractivity contribution in [2.75, 3.05) is 13.6 Å². The van der Waals surface area contributed by atoms with Crippen LogP contribution in [0.15, 0.2) is 42.5 Å². The van der Waals surface area contributed by atoms with Crippen LogP contribution in [-0.4, -0.2) is 29.3 Å². The first-order valence-electron chi connectivity index (χ1n) is 9.76. The number of hydrogen-bond donors (Lipinski definition) is 1. The fourth-order valence-electron chi connectivity index (χ4n) is 3.81. The van der Waals surface area contributed by atoms with E-state index in [1.165, 1.54) is 30.0 Å². The molecule has 1 atom stereocenters. The summed E-state index contributed by atoms with van der Waals surface area (Å²) in [6.07, 6.45) is 4.74. The van der Waals surface area contributed by atoms with Crippen molar-refractivity contribution in [2.45, 2.75) is 45.2 Å². The molecule has 1 amide bonds. The molecule has 1 aliphatic carbocycles. The predicted molar refractivity (Wildman–Crippen MR) is 109 cm³/mol. The number of likely N-dealkylation sites (N-methyl/N-ethyl adjacent to an activating group) is 1. The third kappa shape index (κ3) is 4.95. The van der Waals surface area contributed by atoms with E-state index in [-0.39, 0.29) is 29.1 Å². The van der Waals surface area contributed by atoms with Gasteiger partial charge in [0, 0.05) is 18.2 Å². The number of benzene rings is 2. The Morgan fingerprint density at radius 2 is 1.89 bits per heavy atom. The minimum Gasteiger partial charge on any atom is -0.348 e. The van der Waals surface area contributed by atoms with Crippen molar-refractivity contribution in [3.05, 3.63) is 74.8 Å². The van der Waals surface area contributed by atoms with Crippen LogP contribution >= 0.6 is 0 Å². The van der Waals surface area contributed by atoms with E-state index in [0.29, 0.717) is 12.1 Å². The van der Waals surface area contributed by atoms with E-state index >= 15 is 0 Å². The fourth-order valence-corrected chi connectivity index (χ4v) is 3.81. The van der Waals surface area contributed by atoms with E-state index in [1.807, 2.05) is 6.92 Å². The summed E-state index contributed by atoms with van der Waals surface area (Å²) >= 11 is 0. The minimum atomic E-state index is -0.387. The van der Waals surface area contributed by atoms with Gasteiger partial charge in [-0.05, 0) is 56.3 Å². The molecule has 1 N–H and O–H groups in total. The number of nitro groups is 1. The number of fused-ring (bicyclic) bond motifs is 1. The van der Waals surface area contributed by atoms with E-state index < -0.39 is 0 Å². The summed E-state index contributed by atoms with van der Waals surface area (Å²) in [5.74, 6) is -0.0914. The molecular formula is C22H27N3O3. The van der Waals surface area contributed by atoms with E-state index in [0.717, 1.165) is 18.4 Å². The van der Waals surface area contributed by atoms with Gasteiger partial charge >= 0.3 is 0 Å². The van der Waals surface area contributed by atoms with Gasteiger partial charge in [0.15, 0.2) is 0 Å². The number of aryl methyl sites for hydroxylation is 2. The van der Waals surface area contributed by atoms with Crippen LogP contribution in [0.4, 0.5) is 5.69 Å². The normalized spacial score (nSPS) is 14.4. The van der Waals surface area contributed by atoms with Crippen molar-refractivity contribution in [2.24, 2.45) is 0 Å². The van der Waals surface area contributed by atoms with Gasteiger partial charge in [0.1, 0.15) is 0 Å². The smallest absolute Gasteiger partial charge is 0.273 e. The van der Waals surface area contributed by atoms with Crippen LogP contribution in [0.3, 0.4) is 0 Å². The standard InChI is InChI=1S/C22H27N3O3/c1-16(18-12-11-17-7-3-4-8-19(17)13-18)23-22(26)15-24(2)14-20-9-5-6-10-21(20)25(27)28/h5-6,9-13,16H,3-4,7-8,14-15H2,1-2H3,(H,23,26). The molecule has 0 bridgehead atoms. The van der Waals surface area contributed by atoms with Crippen molar-refractivity contribution in [3.8, 4) is 0 Å². The van der Waals surface area contributed by atoms with Crippen LogP contribution in [0, 0.1) is 10.1 Å². The van der Waals surface area contributed by atoms with Gasteiger partial charge in [-0.2, -0.15) is 0 Å². The molecule has 6 heteroatoms. The average molecular weight is 381 g/mol. The van der Waals surface area contributed by atoms with Crippen molar-refractivity contribution >= 4 is 11.6 Å². The largest absolute Gasteiger partial charge is 0.348 e. The molecule has 0 heterocycles. The zero-order valence-electron chi connectivity index (χ0n) is 16.5. The number of hydrogen-bond acceptors (Lipinski definition) is 4. The van der Waals surface area contributed by atoms with Gasteiger partial charge in [0.2, 0.25) is 5.91 Å². The minimum absolute atomic E-state index is 0.0702. The maximum Gasteiger partial charge on any atom is 0.273 e. The van der Waals surface area contributed by atoms with Gasteiger partial charge in [-0.15, -0.1) is 0 Å². The monoisotopic (exact) mass is 381 g/mol. The molecule has 1 aliphatic rings. The Bertz CT molecular complexity index is 866. The Morgan fingerprint density at radius 3 is 2.64 bits per heavy atom. The van der Waals surface area contributed by atoms with Gasteiger partial charge in [-0.3, -0.25) is 19.8 Å². The van der Waals surface area contributed by atoms with Crippen LogP contribution in [0.5, 0.6) is 0 Å². The summed E-state index contributed by atoms with van der Waals surface area (Å²) < 4.78 is 0. The fraction of sp³-hybridized carbons (Fsp3) is 0.409. The van der Waals surface area contributed by atoms with Gasteiger partial charge in [0.25, 0.3) is 5.69 Å². The SMILES string of the molecule is CC(NC(=O)CN(C)Cc1ccccc1[N+](=O)[O-])c1ccc2c(c1)CCCC2. The molecule has 0 saturated carbocycles. The Kier molecular flexibility index (Phi) is 6.41. The first kappa shape index (κ1) is 20.0. The summed E-state index contributed by atoms with van der Waals surface area (Å²) in [4.78, 5) is 25.0. The summed E-state index contributed by atoms with van der Waals surface area (Å²) in [5.41, 5.74) is 4.63. The third-order valence-corrected chi connectivity index (χ3v) is 5.29. The van der Waals surface area contributed by atoms with Gasteiger partial charge in [-0.25, -0.2) is 0 Å². The Labute approximate surface area is 165 Å². The van der Waals surface area contributed by atoms with Crippen LogP contribution in [0.2, 0.25) is 0 Å². The lowest BCUT2D eigenvalue weighted by molar-refractivity contribution is -0.385. The highest BCUT2D eigenvalue weighted by molar-refractivity contribution is 5.78. The molecule has 0 fully saturated rings.